The topological polar surface area (TPSA) is 35.2 Å². The van der Waals surface area contributed by atoms with Gasteiger partial charge < -0.3 is 4.84 Å². The molecule has 2 heteroatoms. The highest BCUT2D eigenvalue weighted by Crippen LogP contribution is 2.16. The van der Waals surface area contributed by atoms with Crippen LogP contribution in [0.4, 0.5) is 0 Å². The van der Waals surface area contributed by atoms with E-state index >= 15 is 0 Å². The summed E-state index contributed by atoms with van der Waals surface area (Å²) in [5, 5.41) is 0. The van der Waals surface area contributed by atoms with Gasteiger partial charge in [0.1, 0.15) is 0 Å². The molecule has 0 bridgehead atoms. The third kappa shape index (κ3) is 6.32. The van der Waals surface area contributed by atoms with E-state index in [1.54, 1.807) is 0 Å². The first kappa shape index (κ1) is 10.9. The molecule has 0 radical (unpaired) electrons. The van der Waals surface area contributed by atoms with Crippen molar-refractivity contribution in [3.8, 4) is 0 Å². The Bertz CT molecular complexity index is 70.0. The van der Waals surface area contributed by atoms with Crippen LogP contribution in [-0.4, -0.2) is 6.61 Å². The van der Waals surface area contributed by atoms with Gasteiger partial charge in [-0.05, 0) is 12.3 Å². The zero-order chi connectivity index (χ0) is 8.53. The summed E-state index contributed by atoms with van der Waals surface area (Å²) < 4.78 is 0. The molecule has 0 aromatic rings. The molecule has 68 valence electrons. The van der Waals surface area contributed by atoms with E-state index in [1.165, 1.54) is 25.7 Å². The van der Waals surface area contributed by atoms with Gasteiger partial charge >= 0.3 is 0 Å². The fourth-order valence-electron chi connectivity index (χ4n) is 1.48. The van der Waals surface area contributed by atoms with E-state index in [1.807, 2.05) is 0 Å². The molecule has 0 aliphatic heterocycles. The van der Waals surface area contributed by atoms with Gasteiger partial charge in [0.15, 0.2) is 0 Å². The summed E-state index contributed by atoms with van der Waals surface area (Å²) in [5.74, 6) is 5.80. The van der Waals surface area contributed by atoms with Crippen molar-refractivity contribution in [3.63, 3.8) is 0 Å². The fraction of sp³-hybridized carbons (Fsp3) is 1.00. The summed E-state index contributed by atoms with van der Waals surface area (Å²) >= 11 is 0. The Morgan fingerprint density at radius 2 is 1.64 bits per heavy atom. The van der Waals surface area contributed by atoms with Crippen LogP contribution in [0, 0.1) is 5.92 Å². The Balaban J connectivity index is 3.34. The lowest BCUT2D eigenvalue weighted by Gasteiger charge is -2.13. The van der Waals surface area contributed by atoms with Crippen LogP contribution in [0.3, 0.4) is 0 Å². The fourth-order valence-corrected chi connectivity index (χ4v) is 1.48. The van der Waals surface area contributed by atoms with Crippen LogP contribution in [0.5, 0.6) is 0 Å². The Morgan fingerprint density at radius 3 is 2.00 bits per heavy atom. The second-order valence-electron chi connectivity index (χ2n) is 3.10. The van der Waals surface area contributed by atoms with Crippen molar-refractivity contribution in [2.45, 2.75) is 46.0 Å². The predicted octanol–water partition coefficient (Wildman–Crippen LogP) is 2.48. The van der Waals surface area contributed by atoms with Crippen molar-refractivity contribution in [1.29, 1.82) is 0 Å². The summed E-state index contributed by atoms with van der Waals surface area (Å²) in [6, 6.07) is 0. The van der Waals surface area contributed by atoms with Crippen molar-refractivity contribution in [3.05, 3.63) is 0 Å². The third-order valence-corrected chi connectivity index (χ3v) is 2.04. The molecule has 0 unspecified atom stereocenters. The van der Waals surface area contributed by atoms with Gasteiger partial charge in [0.25, 0.3) is 0 Å². The van der Waals surface area contributed by atoms with E-state index in [9.17, 15) is 0 Å². The minimum atomic E-state index is 0.713. The van der Waals surface area contributed by atoms with Gasteiger partial charge in [-0.1, -0.05) is 39.5 Å². The van der Waals surface area contributed by atoms with Gasteiger partial charge in [-0.15, -0.1) is 0 Å². The first-order valence-electron chi connectivity index (χ1n) is 4.66. The molecule has 0 saturated carbocycles. The number of hydrogen-bond donors (Lipinski definition) is 1. The molecule has 0 atom stereocenters. The quantitative estimate of drug-likeness (QED) is 0.579. The summed E-state index contributed by atoms with van der Waals surface area (Å²) in [6.45, 7) is 5.17. The molecule has 0 fully saturated rings. The van der Waals surface area contributed by atoms with Gasteiger partial charge in [-0.3, -0.25) is 0 Å². The average Bonchev–Trinajstić information content (AvgIpc) is 2.01. The first-order valence-corrected chi connectivity index (χ1v) is 4.66. The van der Waals surface area contributed by atoms with Crippen LogP contribution >= 0.6 is 0 Å². The average molecular weight is 159 g/mol. The van der Waals surface area contributed by atoms with E-state index in [2.05, 4.69) is 18.7 Å². The minimum Gasteiger partial charge on any atom is -0.305 e. The number of nitrogens with two attached hydrogens (primary N) is 1. The van der Waals surface area contributed by atoms with Gasteiger partial charge in [-0.2, -0.15) is 0 Å². The molecule has 2 nitrogen and oxygen atoms in total. The molecular weight excluding hydrogens is 138 g/mol. The monoisotopic (exact) mass is 159 g/mol. The highest BCUT2D eigenvalue weighted by molar-refractivity contribution is 4.57. The number of rotatable bonds is 7. The maximum absolute atomic E-state index is 4.97. The summed E-state index contributed by atoms with van der Waals surface area (Å²) in [4.78, 5) is 4.56. The molecule has 0 aliphatic rings. The maximum Gasteiger partial charge on any atom is 0.0681 e. The molecule has 0 spiro atoms. The van der Waals surface area contributed by atoms with Crippen molar-refractivity contribution in [2.75, 3.05) is 6.61 Å². The number of hydrogen-bond acceptors (Lipinski definition) is 2. The molecule has 0 aromatic carbocycles. The Kier molecular flexibility index (Phi) is 7.96. The molecule has 11 heavy (non-hydrogen) atoms. The molecule has 0 aromatic heterocycles. The van der Waals surface area contributed by atoms with Crippen LogP contribution in [0.1, 0.15) is 46.0 Å². The zero-order valence-electron chi connectivity index (χ0n) is 7.81. The van der Waals surface area contributed by atoms with Crippen molar-refractivity contribution in [1.82, 2.24) is 0 Å². The molecular formula is C9H21NO. The van der Waals surface area contributed by atoms with E-state index in [0.29, 0.717) is 6.61 Å². The summed E-state index contributed by atoms with van der Waals surface area (Å²) in [5.41, 5.74) is 0. The van der Waals surface area contributed by atoms with Crippen molar-refractivity contribution in [2.24, 2.45) is 11.8 Å². The highest BCUT2D eigenvalue weighted by atomic mass is 16.6. The Hall–Kier alpha value is -0.0800. The molecule has 0 rings (SSSR count). The van der Waals surface area contributed by atoms with Gasteiger partial charge in [-0.25, -0.2) is 5.90 Å². The van der Waals surface area contributed by atoms with Crippen LogP contribution < -0.4 is 5.90 Å². The second kappa shape index (κ2) is 8.02. The zero-order valence-corrected chi connectivity index (χ0v) is 7.81. The van der Waals surface area contributed by atoms with Gasteiger partial charge in [0, 0.05) is 0 Å². The van der Waals surface area contributed by atoms with Gasteiger partial charge in [0.05, 0.1) is 6.61 Å². The van der Waals surface area contributed by atoms with E-state index < -0.39 is 0 Å². The summed E-state index contributed by atoms with van der Waals surface area (Å²) in [6.07, 6.45) is 6.30. The van der Waals surface area contributed by atoms with E-state index in [4.69, 9.17) is 5.90 Å². The Morgan fingerprint density at radius 1 is 1.09 bits per heavy atom. The molecule has 0 saturated heterocycles. The third-order valence-electron chi connectivity index (χ3n) is 2.04. The highest BCUT2D eigenvalue weighted by Gasteiger charge is 2.05. The van der Waals surface area contributed by atoms with Crippen LogP contribution in [0.25, 0.3) is 0 Å². The van der Waals surface area contributed by atoms with Crippen molar-refractivity contribution < 1.29 is 4.84 Å². The maximum atomic E-state index is 4.97. The summed E-state index contributed by atoms with van der Waals surface area (Å²) in [7, 11) is 0. The van der Waals surface area contributed by atoms with E-state index in [-0.39, 0.29) is 0 Å². The largest absolute Gasteiger partial charge is 0.305 e. The first-order chi connectivity index (χ1) is 5.35. The van der Waals surface area contributed by atoms with Crippen molar-refractivity contribution >= 4 is 0 Å². The second-order valence-corrected chi connectivity index (χ2v) is 3.10. The SMILES string of the molecule is CCCC(CCC)CCON. The minimum absolute atomic E-state index is 0.713. The molecule has 0 heterocycles. The standard InChI is InChI=1S/C9H21NO/c1-3-5-9(6-4-2)7-8-11-10/h9H,3-8,10H2,1-2H3. The van der Waals surface area contributed by atoms with Crippen LogP contribution in [-0.2, 0) is 4.84 Å². The smallest absolute Gasteiger partial charge is 0.0681 e. The van der Waals surface area contributed by atoms with Crippen LogP contribution in [0.15, 0.2) is 0 Å². The predicted molar refractivity (Wildman–Crippen MR) is 48.1 cm³/mol. The molecule has 2 N–H and O–H groups in total. The normalized spacial score (nSPS) is 10.9. The lowest BCUT2D eigenvalue weighted by atomic mass is 9.95. The van der Waals surface area contributed by atoms with E-state index in [0.717, 1.165) is 12.3 Å². The lowest BCUT2D eigenvalue weighted by molar-refractivity contribution is 0.120. The lowest BCUT2D eigenvalue weighted by Crippen LogP contribution is -2.08. The molecule has 0 aliphatic carbocycles. The molecule has 0 amide bonds. The van der Waals surface area contributed by atoms with Crippen LogP contribution in [0.2, 0.25) is 0 Å². The van der Waals surface area contributed by atoms with Gasteiger partial charge in [0.2, 0.25) is 0 Å². The Labute approximate surface area is 70.1 Å².